The highest BCUT2D eigenvalue weighted by atomic mass is 32.2. The predicted octanol–water partition coefficient (Wildman–Crippen LogP) is 2.86. The number of thioether (sulfide) groups is 1. The fraction of sp³-hybridized carbons (Fsp3) is 0.375. The van der Waals surface area contributed by atoms with Gasteiger partial charge in [0, 0.05) is 18.0 Å². The van der Waals surface area contributed by atoms with Crippen LogP contribution < -0.4 is 10.6 Å². The minimum absolute atomic E-state index is 0.0175. The molecule has 0 atom stereocenters. The van der Waals surface area contributed by atoms with E-state index in [0.717, 1.165) is 22.7 Å². The molecular formula is C16H20N4O2S2. The van der Waals surface area contributed by atoms with E-state index in [1.807, 2.05) is 38.1 Å². The first kappa shape index (κ1) is 18.4. The monoisotopic (exact) mass is 364 g/mol. The van der Waals surface area contributed by atoms with Gasteiger partial charge in [-0.15, -0.1) is 22.0 Å². The van der Waals surface area contributed by atoms with Gasteiger partial charge in [0.2, 0.25) is 10.9 Å². The number of aryl methyl sites for hydroxylation is 1. The van der Waals surface area contributed by atoms with E-state index in [-0.39, 0.29) is 11.8 Å². The normalized spacial score (nSPS) is 10.4. The Labute approximate surface area is 149 Å². The van der Waals surface area contributed by atoms with E-state index in [4.69, 9.17) is 0 Å². The number of amides is 2. The Morgan fingerprint density at radius 1 is 1.25 bits per heavy atom. The summed E-state index contributed by atoms with van der Waals surface area (Å²) in [6.45, 7) is 4.64. The fourth-order valence-corrected chi connectivity index (χ4v) is 3.48. The molecule has 0 spiro atoms. The van der Waals surface area contributed by atoms with Crippen LogP contribution in [0, 0.1) is 6.92 Å². The van der Waals surface area contributed by atoms with Crippen LogP contribution in [0.2, 0.25) is 0 Å². The Hall–Kier alpha value is -1.93. The number of rotatable bonds is 8. The van der Waals surface area contributed by atoms with E-state index in [1.165, 1.54) is 23.1 Å². The summed E-state index contributed by atoms with van der Waals surface area (Å²) < 4.78 is 0. The van der Waals surface area contributed by atoms with Gasteiger partial charge in [0.1, 0.15) is 5.01 Å². The molecule has 0 saturated carbocycles. The first-order chi connectivity index (χ1) is 11.6. The summed E-state index contributed by atoms with van der Waals surface area (Å²) >= 11 is 2.71. The number of carbonyl (C=O) groups is 2. The summed E-state index contributed by atoms with van der Waals surface area (Å²) in [6, 6.07) is 7.57. The lowest BCUT2D eigenvalue weighted by molar-refractivity contribution is -0.118. The minimum atomic E-state index is -0.265. The van der Waals surface area contributed by atoms with Gasteiger partial charge >= 0.3 is 0 Å². The number of benzene rings is 1. The third kappa shape index (κ3) is 5.61. The van der Waals surface area contributed by atoms with Crippen molar-refractivity contribution in [3.63, 3.8) is 0 Å². The van der Waals surface area contributed by atoms with Crippen LogP contribution >= 0.6 is 23.1 Å². The van der Waals surface area contributed by atoms with Crippen molar-refractivity contribution in [3.8, 4) is 0 Å². The van der Waals surface area contributed by atoms with Crippen LogP contribution in [0.3, 0.4) is 0 Å². The van der Waals surface area contributed by atoms with Gasteiger partial charge in [-0.25, -0.2) is 0 Å². The summed E-state index contributed by atoms with van der Waals surface area (Å²) in [5.74, 6) is 0.696. The second kappa shape index (κ2) is 9.39. The molecule has 1 aromatic heterocycles. The molecule has 2 aromatic rings. The quantitative estimate of drug-likeness (QED) is 0.752. The molecule has 8 heteroatoms. The third-order valence-corrected chi connectivity index (χ3v) is 5.13. The number of nitrogens with one attached hydrogen (secondary N) is 2. The number of nitrogens with zero attached hydrogens (tertiary/aromatic N) is 2. The van der Waals surface area contributed by atoms with Crippen LogP contribution in [-0.4, -0.2) is 34.3 Å². The predicted molar refractivity (Wildman–Crippen MR) is 98.5 cm³/mol. The maximum atomic E-state index is 12.2. The van der Waals surface area contributed by atoms with Gasteiger partial charge < -0.3 is 10.6 Å². The van der Waals surface area contributed by atoms with Gasteiger partial charge in [-0.05, 0) is 25.0 Å². The highest BCUT2D eigenvalue weighted by Crippen LogP contribution is 2.19. The van der Waals surface area contributed by atoms with E-state index in [0.29, 0.717) is 23.1 Å². The van der Waals surface area contributed by atoms with Gasteiger partial charge in [0.05, 0.1) is 5.75 Å². The Kier molecular flexibility index (Phi) is 7.20. The molecule has 0 radical (unpaired) electrons. The average molecular weight is 364 g/mol. The molecule has 0 aliphatic carbocycles. The second-order valence-electron chi connectivity index (χ2n) is 5.11. The molecule has 1 heterocycles. The van der Waals surface area contributed by atoms with Gasteiger partial charge in [0.25, 0.3) is 5.91 Å². The number of hydrogen-bond acceptors (Lipinski definition) is 6. The third-order valence-electron chi connectivity index (χ3n) is 3.09. The van der Waals surface area contributed by atoms with Crippen molar-refractivity contribution in [1.82, 2.24) is 15.5 Å². The van der Waals surface area contributed by atoms with Gasteiger partial charge in [-0.3, -0.25) is 9.59 Å². The van der Waals surface area contributed by atoms with Crippen molar-refractivity contribution in [3.05, 3.63) is 39.8 Å². The molecule has 2 rings (SSSR count). The molecule has 0 unspecified atom stereocenters. The highest BCUT2D eigenvalue weighted by molar-refractivity contribution is 7.99. The Morgan fingerprint density at radius 3 is 2.79 bits per heavy atom. The van der Waals surface area contributed by atoms with E-state index in [9.17, 15) is 9.59 Å². The number of anilines is 1. The molecule has 0 fully saturated rings. The number of para-hydroxylation sites is 1. The SMILES string of the molecule is CCCNC(=O)CSCc1nnc(C(=O)Nc2ccccc2C)s1. The van der Waals surface area contributed by atoms with Crippen LogP contribution in [0.15, 0.2) is 24.3 Å². The molecule has 0 bridgehead atoms. The molecule has 1 aromatic carbocycles. The molecule has 0 aliphatic rings. The van der Waals surface area contributed by atoms with E-state index in [2.05, 4.69) is 20.8 Å². The zero-order chi connectivity index (χ0) is 17.4. The Morgan fingerprint density at radius 2 is 2.04 bits per heavy atom. The Bertz CT molecular complexity index is 703. The van der Waals surface area contributed by atoms with Crippen molar-refractivity contribution in [1.29, 1.82) is 0 Å². The minimum Gasteiger partial charge on any atom is -0.355 e. The van der Waals surface area contributed by atoms with Gasteiger partial charge in [0.15, 0.2) is 0 Å². The molecule has 6 nitrogen and oxygen atoms in total. The molecule has 24 heavy (non-hydrogen) atoms. The van der Waals surface area contributed by atoms with Crippen LogP contribution in [0.5, 0.6) is 0 Å². The molecule has 2 N–H and O–H groups in total. The molecule has 0 aliphatic heterocycles. The molecule has 2 amide bonds. The maximum absolute atomic E-state index is 12.2. The average Bonchev–Trinajstić information content (AvgIpc) is 3.04. The summed E-state index contributed by atoms with van der Waals surface area (Å²) in [5, 5.41) is 14.7. The van der Waals surface area contributed by atoms with E-state index < -0.39 is 0 Å². The van der Waals surface area contributed by atoms with Crippen molar-refractivity contribution >= 4 is 40.6 Å². The van der Waals surface area contributed by atoms with Gasteiger partial charge in [-0.2, -0.15) is 0 Å². The molecule has 0 saturated heterocycles. The van der Waals surface area contributed by atoms with Crippen LogP contribution in [0.25, 0.3) is 0 Å². The standard InChI is InChI=1S/C16H20N4O2S2/c1-3-8-17-13(21)9-23-10-14-19-20-16(24-14)15(22)18-12-7-5-4-6-11(12)2/h4-7H,3,8-10H2,1-2H3,(H,17,21)(H,18,22). The van der Waals surface area contributed by atoms with Crippen molar-refractivity contribution in [2.75, 3.05) is 17.6 Å². The van der Waals surface area contributed by atoms with E-state index >= 15 is 0 Å². The largest absolute Gasteiger partial charge is 0.355 e. The molecular weight excluding hydrogens is 344 g/mol. The number of hydrogen-bond donors (Lipinski definition) is 2. The first-order valence-electron chi connectivity index (χ1n) is 7.64. The highest BCUT2D eigenvalue weighted by Gasteiger charge is 2.14. The smallest absolute Gasteiger partial charge is 0.286 e. The summed E-state index contributed by atoms with van der Waals surface area (Å²) in [5.41, 5.74) is 1.76. The van der Waals surface area contributed by atoms with Crippen molar-refractivity contribution in [2.45, 2.75) is 26.0 Å². The van der Waals surface area contributed by atoms with Crippen LogP contribution in [0.1, 0.15) is 33.7 Å². The molecule has 128 valence electrons. The van der Waals surface area contributed by atoms with E-state index in [1.54, 1.807) is 0 Å². The summed E-state index contributed by atoms with van der Waals surface area (Å²) in [4.78, 5) is 23.7. The first-order valence-corrected chi connectivity index (χ1v) is 9.61. The Balaban J connectivity index is 1.83. The lowest BCUT2D eigenvalue weighted by Crippen LogP contribution is -2.25. The lowest BCUT2D eigenvalue weighted by atomic mass is 10.2. The second-order valence-corrected chi connectivity index (χ2v) is 7.16. The number of aromatic nitrogens is 2. The lowest BCUT2D eigenvalue weighted by Gasteiger charge is -2.05. The number of carbonyl (C=O) groups excluding carboxylic acids is 2. The van der Waals surface area contributed by atoms with Gasteiger partial charge in [-0.1, -0.05) is 36.5 Å². The topological polar surface area (TPSA) is 84.0 Å². The summed E-state index contributed by atoms with van der Waals surface area (Å²) in [6.07, 6.45) is 0.923. The van der Waals surface area contributed by atoms with Crippen LogP contribution in [0.4, 0.5) is 5.69 Å². The van der Waals surface area contributed by atoms with Crippen molar-refractivity contribution in [2.24, 2.45) is 0 Å². The summed E-state index contributed by atoms with van der Waals surface area (Å²) in [7, 11) is 0. The fourth-order valence-electron chi connectivity index (χ4n) is 1.84. The van der Waals surface area contributed by atoms with Crippen molar-refractivity contribution < 1.29 is 9.59 Å². The zero-order valence-corrected chi connectivity index (χ0v) is 15.3. The zero-order valence-electron chi connectivity index (χ0n) is 13.7. The van der Waals surface area contributed by atoms with Crippen LogP contribution in [-0.2, 0) is 10.5 Å². The maximum Gasteiger partial charge on any atom is 0.286 e.